The van der Waals surface area contributed by atoms with Crippen LogP contribution in [0.3, 0.4) is 0 Å². The Bertz CT molecular complexity index is 839. The quantitative estimate of drug-likeness (QED) is 0.319. The first kappa shape index (κ1) is 13.4. The molecule has 0 saturated heterocycles. The van der Waals surface area contributed by atoms with E-state index in [0.29, 0.717) is 6.54 Å². The van der Waals surface area contributed by atoms with Crippen LogP contribution in [0.1, 0.15) is 0 Å². The Labute approximate surface area is 129 Å². The van der Waals surface area contributed by atoms with Crippen LogP contribution in [0.25, 0.3) is 21.8 Å². The van der Waals surface area contributed by atoms with Gasteiger partial charge in [-0.25, -0.2) is 0 Å². The van der Waals surface area contributed by atoms with Crippen molar-refractivity contribution in [2.75, 3.05) is 0 Å². The van der Waals surface area contributed by atoms with E-state index in [2.05, 4.69) is 18.3 Å². The SMILES string of the molecule is [CH3][Hg][C]#CCn1c2ccccc2c(=O)c2ccccc21. The van der Waals surface area contributed by atoms with E-state index < -0.39 is 24.6 Å². The molecule has 0 N–H and O–H groups in total. The molecule has 1 heterocycles. The third kappa shape index (κ3) is 2.27. The van der Waals surface area contributed by atoms with Crippen LogP contribution in [0.5, 0.6) is 0 Å². The van der Waals surface area contributed by atoms with Gasteiger partial charge < -0.3 is 0 Å². The molecule has 1 aromatic heterocycles. The van der Waals surface area contributed by atoms with Crippen molar-refractivity contribution in [2.24, 2.45) is 0 Å². The Morgan fingerprint density at radius 2 is 1.55 bits per heavy atom. The number of rotatable bonds is 1. The summed E-state index contributed by atoms with van der Waals surface area (Å²) in [5.41, 5.74) is 2.05. The number of hydrogen-bond donors (Lipinski definition) is 0. The van der Waals surface area contributed by atoms with E-state index in [-0.39, 0.29) is 5.43 Å². The maximum absolute atomic E-state index is 12.5. The minimum absolute atomic E-state index is 0.107. The van der Waals surface area contributed by atoms with Crippen LogP contribution >= 0.6 is 0 Å². The number of para-hydroxylation sites is 2. The summed E-state index contributed by atoms with van der Waals surface area (Å²) in [6.07, 6.45) is 0. The Morgan fingerprint density at radius 3 is 2.10 bits per heavy atom. The van der Waals surface area contributed by atoms with Crippen molar-refractivity contribution in [1.29, 1.82) is 0 Å². The van der Waals surface area contributed by atoms with Crippen molar-refractivity contribution in [1.82, 2.24) is 4.57 Å². The van der Waals surface area contributed by atoms with Crippen molar-refractivity contribution in [2.45, 2.75) is 11.0 Å². The molecule has 0 bridgehead atoms. The molecule has 0 atom stereocenters. The third-order valence-electron chi connectivity index (χ3n) is 3.42. The van der Waals surface area contributed by atoms with Crippen LogP contribution in [-0.2, 0) is 31.1 Å². The Balaban J connectivity index is 2.43. The van der Waals surface area contributed by atoms with Crippen LogP contribution in [0, 0.1) is 9.35 Å². The van der Waals surface area contributed by atoms with Crippen LogP contribution in [0.2, 0.25) is 4.43 Å². The van der Waals surface area contributed by atoms with Crippen LogP contribution in [-0.4, -0.2) is 4.57 Å². The average molecular weight is 448 g/mol. The Morgan fingerprint density at radius 1 is 1.00 bits per heavy atom. The molecule has 94 valence electrons. The molecule has 3 rings (SSSR count). The van der Waals surface area contributed by atoms with Crippen LogP contribution < -0.4 is 5.43 Å². The van der Waals surface area contributed by atoms with Crippen LogP contribution in [0.4, 0.5) is 0 Å². The van der Waals surface area contributed by atoms with Gasteiger partial charge in [0.05, 0.1) is 0 Å². The van der Waals surface area contributed by atoms with Gasteiger partial charge in [0, 0.05) is 0 Å². The first-order valence-corrected chi connectivity index (χ1v) is 15.0. The van der Waals surface area contributed by atoms with E-state index in [1.54, 1.807) is 0 Å². The summed E-state index contributed by atoms with van der Waals surface area (Å²) in [4.78, 5) is 12.5. The van der Waals surface area contributed by atoms with E-state index in [9.17, 15) is 4.79 Å². The number of fused-ring (bicyclic) bond motifs is 2. The first-order chi connectivity index (χ1) is 9.83. The van der Waals surface area contributed by atoms with E-state index in [4.69, 9.17) is 0 Å². The molecule has 3 aromatic rings. The first-order valence-electron chi connectivity index (χ1n) is 6.79. The molecule has 3 heteroatoms. The fourth-order valence-electron chi connectivity index (χ4n) is 2.51. The molecular weight excluding hydrogens is 435 g/mol. The van der Waals surface area contributed by atoms with Gasteiger partial charge in [0.1, 0.15) is 0 Å². The van der Waals surface area contributed by atoms with Crippen molar-refractivity contribution >= 4 is 21.8 Å². The number of pyridine rings is 1. The molecule has 0 amide bonds. The predicted molar refractivity (Wildman–Crippen MR) is 79.4 cm³/mol. The van der Waals surface area contributed by atoms with Crippen molar-refractivity contribution < 1.29 is 24.6 Å². The molecule has 0 fully saturated rings. The molecule has 0 unspecified atom stereocenters. The van der Waals surface area contributed by atoms with Crippen molar-refractivity contribution in [3.63, 3.8) is 0 Å². The topological polar surface area (TPSA) is 22.0 Å². The van der Waals surface area contributed by atoms with Gasteiger partial charge in [-0.05, 0) is 0 Å². The third-order valence-corrected chi connectivity index (χ3v) is 5.76. The summed E-state index contributed by atoms with van der Waals surface area (Å²) < 4.78 is 7.73. The van der Waals surface area contributed by atoms with E-state index in [1.807, 2.05) is 48.5 Å². The number of aromatic nitrogens is 1. The molecule has 2 aromatic carbocycles. The minimum atomic E-state index is -0.904. The predicted octanol–water partition coefficient (Wildman–Crippen LogP) is 3.25. The second-order valence-electron chi connectivity index (χ2n) is 4.66. The average Bonchev–Trinajstić information content (AvgIpc) is 2.51. The van der Waals surface area contributed by atoms with Gasteiger partial charge in [-0.1, -0.05) is 0 Å². The van der Waals surface area contributed by atoms with E-state index >= 15 is 0 Å². The normalized spacial score (nSPS) is 10.1. The molecule has 0 aliphatic carbocycles. The maximum atomic E-state index is 12.5. The van der Waals surface area contributed by atoms with E-state index in [1.165, 1.54) is 0 Å². The van der Waals surface area contributed by atoms with Gasteiger partial charge in [-0.3, -0.25) is 0 Å². The standard InChI is InChI=1S/C16H10NO.CH3.Hg/c1-2-11-17-14-9-5-3-7-12(14)16(18)13-8-4-6-10-15(13)17;;/h3-10H,11H2;1H3;. The van der Waals surface area contributed by atoms with Gasteiger partial charge in [0.2, 0.25) is 0 Å². The summed E-state index contributed by atoms with van der Waals surface area (Å²) in [5.74, 6) is 3.26. The monoisotopic (exact) mass is 449 g/mol. The molecule has 0 radical (unpaired) electrons. The van der Waals surface area contributed by atoms with Gasteiger partial charge >= 0.3 is 130 Å². The number of nitrogens with zero attached hydrogens (tertiary/aromatic N) is 1. The molecule has 0 aliphatic heterocycles. The number of hydrogen-bond acceptors (Lipinski definition) is 1. The zero-order valence-electron chi connectivity index (χ0n) is 11.4. The fourth-order valence-corrected chi connectivity index (χ4v) is 3.91. The summed E-state index contributed by atoms with van der Waals surface area (Å²) in [6, 6.07) is 15.6. The Kier molecular flexibility index (Phi) is 3.89. The second kappa shape index (κ2) is 5.81. The summed E-state index contributed by atoms with van der Waals surface area (Å²) in [5, 5.41) is 1.54. The molecular formula is C17H13HgNO. The zero-order valence-corrected chi connectivity index (χ0v) is 16.9. The summed E-state index contributed by atoms with van der Waals surface area (Å²) in [6.45, 7) is 0.662. The molecule has 2 nitrogen and oxygen atoms in total. The summed E-state index contributed by atoms with van der Waals surface area (Å²) >= 11 is -0.904. The Hall–Kier alpha value is -1.59. The summed E-state index contributed by atoms with van der Waals surface area (Å²) in [7, 11) is 0. The van der Waals surface area contributed by atoms with Gasteiger partial charge in [-0.15, -0.1) is 0 Å². The van der Waals surface area contributed by atoms with Gasteiger partial charge in [0.15, 0.2) is 0 Å². The number of benzene rings is 2. The molecule has 0 aliphatic rings. The van der Waals surface area contributed by atoms with E-state index in [0.717, 1.165) is 21.8 Å². The van der Waals surface area contributed by atoms with Crippen molar-refractivity contribution in [3.05, 3.63) is 58.8 Å². The molecule has 0 spiro atoms. The van der Waals surface area contributed by atoms with Gasteiger partial charge in [0.25, 0.3) is 0 Å². The van der Waals surface area contributed by atoms with Crippen molar-refractivity contribution in [3.8, 4) is 9.35 Å². The van der Waals surface area contributed by atoms with Gasteiger partial charge in [-0.2, -0.15) is 0 Å². The second-order valence-corrected chi connectivity index (χ2v) is 8.78. The zero-order chi connectivity index (χ0) is 13.9. The van der Waals surface area contributed by atoms with Crippen LogP contribution in [0.15, 0.2) is 53.3 Å². The molecule has 0 saturated carbocycles. The molecule has 20 heavy (non-hydrogen) atoms. The fraction of sp³-hybridized carbons (Fsp3) is 0.118.